The van der Waals surface area contributed by atoms with Crippen molar-refractivity contribution in [3.05, 3.63) is 96.6 Å². The molecule has 0 bridgehead atoms. The molecule has 0 aliphatic rings. The molecular weight excluding hydrogens is 376 g/mol. The lowest BCUT2D eigenvalue weighted by Crippen LogP contribution is -2.44. The van der Waals surface area contributed by atoms with Gasteiger partial charge in [0.15, 0.2) is 0 Å². The zero-order valence-electron chi connectivity index (χ0n) is 16.8. The molecular formula is C24H26BNO2P+. The summed E-state index contributed by atoms with van der Waals surface area (Å²) in [5, 5.41) is 12.0. The summed E-state index contributed by atoms with van der Waals surface area (Å²) in [6.07, 6.45) is 0. The predicted molar refractivity (Wildman–Crippen MR) is 123 cm³/mol. The van der Waals surface area contributed by atoms with Crippen molar-refractivity contribution in [2.75, 3.05) is 13.7 Å². The first-order chi connectivity index (χ1) is 14.0. The van der Waals surface area contributed by atoms with E-state index >= 15 is 0 Å². The molecule has 1 amide bonds. The van der Waals surface area contributed by atoms with Gasteiger partial charge in [0.1, 0.15) is 5.66 Å². The molecule has 3 aromatic rings. The molecule has 29 heavy (non-hydrogen) atoms. The van der Waals surface area contributed by atoms with Crippen LogP contribution in [0.2, 0.25) is 0 Å². The molecule has 0 aromatic heterocycles. The second-order valence-electron chi connectivity index (χ2n) is 7.18. The zero-order valence-corrected chi connectivity index (χ0v) is 17.7. The van der Waals surface area contributed by atoms with Crippen LogP contribution < -0.4 is 10.6 Å². The molecule has 5 heteroatoms. The smallest absolute Gasteiger partial charge is 0.378 e. The van der Waals surface area contributed by atoms with Crippen molar-refractivity contribution in [1.29, 1.82) is 0 Å². The summed E-state index contributed by atoms with van der Waals surface area (Å²) in [5.74, 6) is -0.0727. The van der Waals surface area contributed by atoms with Crippen LogP contribution in [-0.4, -0.2) is 42.8 Å². The van der Waals surface area contributed by atoms with Crippen LogP contribution in [0.15, 0.2) is 91.0 Å². The van der Waals surface area contributed by atoms with E-state index in [0.29, 0.717) is 0 Å². The van der Waals surface area contributed by atoms with E-state index in [9.17, 15) is 9.90 Å². The number of rotatable bonds is 7. The van der Waals surface area contributed by atoms with E-state index in [1.54, 1.807) is 11.9 Å². The number of hydrogen-bond donors (Lipinski definition) is 1. The molecule has 2 atom stereocenters. The summed E-state index contributed by atoms with van der Waals surface area (Å²) in [5.41, 5.74) is 0.466. The van der Waals surface area contributed by atoms with Gasteiger partial charge in [-0.15, -0.1) is 0 Å². The Kier molecular flexibility index (Phi) is 6.89. The first-order valence-corrected chi connectivity index (χ1v) is 11.6. The number of hydrogen-bond acceptors (Lipinski definition) is 2. The Labute approximate surface area is 175 Å². The molecule has 0 unspecified atom stereocenters. The quantitative estimate of drug-likeness (QED) is 0.487. The number of aliphatic hydroxyl groups excluding tert-OH is 1. The summed E-state index contributed by atoms with van der Waals surface area (Å²) in [4.78, 5) is 15.2. The fourth-order valence-corrected chi connectivity index (χ4v) is 6.75. The van der Waals surface area contributed by atoms with Gasteiger partial charge in [0.2, 0.25) is 0 Å². The van der Waals surface area contributed by atoms with Gasteiger partial charge < -0.3 is 10.0 Å². The molecule has 0 heterocycles. The lowest BCUT2D eigenvalue weighted by Gasteiger charge is -2.34. The lowest BCUT2D eigenvalue weighted by atomic mass is 10.1. The summed E-state index contributed by atoms with van der Waals surface area (Å²) < 4.78 is 0. The Morgan fingerprint density at radius 3 is 1.72 bits per heavy atom. The van der Waals surface area contributed by atoms with Gasteiger partial charge in [-0.25, -0.2) is 0 Å². The molecule has 0 aliphatic heterocycles. The van der Waals surface area contributed by atoms with Crippen LogP contribution >= 0.6 is 7.14 Å². The zero-order chi connectivity index (χ0) is 20.9. The molecule has 1 N–H and O–H groups in total. The highest BCUT2D eigenvalue weighted by atomic mass is 31.2. The van der Waals surface area contributed by atoms with Crippen LogP contribution in [0.25, 0.3) is 0 Å². The Balaban J connectivity index is 1.99. The van der Waals surface area contributed by atoms with Gasteiger partial charge >= 0.3 is 7.57 Å². The van der Waals surface area contributed by atoms with Gasteiger partial charge in [-0.3, -0.25) is 4.79 Å². The van der Waals surface area contributed by atoms with Gasteiger partial charge in [0.25, 0.3) is 5.91 Å². The second kappa shape index (κ2) is 9.39. The summed E-state index contributed by atoms with van der Waals surface area (Å²) in [6.45, 7) is 1.76. The second-order valence-corrected chi connectivity index (χ2v) is 10.5. The molecule has 0 saturated heterocycles. The molecule has 0 saturated carbocycles. The molecule has 146 valence electrons. The Morgan fingerprint density at radius 1 is 0.897 bits per heavy atom. The first kappa shape index (κ1) is 21.3. The van der Waals surface area contributed by atoms with Crippen LogP contribution in [-0.2, 0) is 4.79 Å². The molecule has 3 aromatic carbocycles. The number of amides is 1. The number of benzene rings is 3. The minimum Gasteiger partial charge on any atom is -0.394 e. The largest absolute Gasteiger partial charge is 0.394 e. The third-order valence-corrected chi connectivity index (χ3v) is 9.26. The molecule has 3 nitrogen and oxygen atoms in total. The molecule has 0 spiro atoms. The van der Waals surface area contributed by atoms with E-state index in [1.165, 1.54) is 0 Å². The maximum absolute atomic E-state index is 13.6. The highest BCUT2D eigenvalue weighted by Gasteiger charge is 2.48. The van der Waals surface area contributed by atoms with Gasteiger partial charge in [-0.1, -0.05) is 66.7 Å². The van der Waals surface area contributed by atoms with E-state index in [-0.39, 0.29) is 12.5 Å². The first-order valence-electron chi connectivity index (χ1n) is 9.71. The molecule has 0 fully saturated rings. The topological polar surface area (TPSA) is 40.5 Å². The van der Waals surface area contributed by atoms with Crippen molar-refractivity contribution < 1.29 is 9.90 Å². The van der Waals surface area contributed by atoms with Crippen molar-refractivity contribution in [3.63, 3.8) is 0 Å². The highest BCUT2D eigenvalue weighted by Crippen LogP contribution is 2.56. The number of likely N-dealkylation sites (N-methyl/N-ethyl adjacent to an activating group) is 1. The lowest BCUT2D eigenvalue weighted by molar-refractivity contribution is -0.132. The molecule has 3 rings (SSSR count). The fourth-order valence-electron chi connectivity index (χ4n) is 3.69. The normalized spacial score (nSPS) is 13.5. The van der Waals surface area contributed by atoms with Crippen LogP contribution in [0.3, 0.4) is 0 Å². The van der Waals surface area contributed by atoms with E-state index in [0.717, 1.165) is 16.2 Å². The van der Waals surface area contributed by atoms with Crippen molar-refractivity contribution in [2.45, 2.75) is 18.6 Å². The summed E-state index contributed by atoms with van der Waals surface area (Å²) >= 11 is 0. The van der Waals surface area contributed by atoms with Gasteiger partial charge in [-0.2, -0.15) is 0 Å². The van der Waals surface area contributed by atoms with E-state index < -0.39 is 18.8 Å². The Bertz CT molecular complexity index is 882. The van der Waals surface area contributed by atoms with Gasteiger partial charge in [-0.05, 0) is 36.8 Å². The van der Waals surface area contributed by atoms with Gasteiger partial charge in [0.05, 0.1) is 23.3 Å². The standard InChI is InChI=1S/C24H26BNO2P/c1-19(24(28)26(2)23(18-27)20-12-6-3-7-13-20)29(25,21-14-8-4-9-15-21)22-16-10-5-11-17-22/h3-17,19,23,27H,18H2,1-2H3/q+1/t19-,23-/m0/s1. The predicted octanol–water partition coefficient (Wildman–Crippen LogP) is 3.32. The summed E-state index contributed by atoms with van der Waals surface area (Å²) in [6, 6.07) is 28.9. The fraction of sp³-hybridized carbons (Fsp3) is 0.208. The minimum absolute atomic E-state index is 0.0727. The van der Waals surface area contributed by atoms with Crippen molar-refractivity contribution >= 4 is 31.2 Å². The third kappa shape index (κ3) is 4.29. The van der Waals surface area contributed by atoms with Crippen molar-refractivity contribution in [1.82, 2.24) is 4.90 Å². The van der Waals surface area contributed by atoms with Crippen LogP contribution in [0.5, 0.6) is 0 Å². The molecule has 2 radical (unpaired) electrons. The highest BCUT2D eigenvalue weighted by molar-refractivity contribution is 8.09. The Hall–Kier alpha value is -2.42. The maximum atomic E-state index is 13.6. The summed E-state index contributed by atoms with van der Waals surface area (Å²) in [7, 11) is 6.36. The average Bonchev–Trinajstić information content (AvgIpc) is 2.79. The maximum Gasteiger partial charge on any atom is 0.378 e. The van der Waals surface area contributed by atoms with E-state index in [4.69, 9.17) is 7.57 Å². The average molecular weight is 402 g/mol. The number of nitrogens with zero attached hydrogens (tertiary/aromatic N) is 1. The number of carbonyl (C=O) groups is 1. The monoisotopic (exact) mass is 402 g/mol. The van der Waals surface area contributed by atoms with Crippen LogP contribution in [0.1, 0.15) is 18.5 Å². The van der Waals surface area contributed by atoms with Crippen LogP contribution in [0, 0.1) is 0 Å². The van der Waals surface area contributed by atoms with Crippen molar-refractivity contribution in [3.8, 4) is 0 Å². The van der Waals surface area contributed by atoms with E-state index in [1.807, 2.05) is 97.9 Å². The third-order valence-electron chi connectivity index (χ3n) is 5.51. The van der Waals surface area contributed by atoms with Gasteiger partial charge in [0, 0.05) is 14.2 Å². The van der Waals surface area contributed by atoms with Crippen LogP contribution in [0.4, 0.5) is 0 Å². The van der Waals surface area contributed by atoms with Crippen molar-refractivity contribution in [2.24, 2.45) is 0 Å². The minimum atomic E-state index is -2.49. The number of aliphatic hydroxyl groups is 1. The SMILES string of the molecule is [B][P+](c1ccccc1)(c1ccccc1)[C@@H](C)C(=O)N(C)[C@@H](CO)c1ccccc1. The Morgan fingerprint density at radius 2 is 1.31 bits per heavy atom. The molecule has 0 aliphatic carbocycles. The van der Waals surface area contributed by atoms with E-state index in [2.05, 4.69) is 0 Å². The number of carbonyl (C=O) groups excluding carboxylic acids is 1.